The largest absolute Gasteiger partial charge is 0.405 e. The molecular weight excluding hydrogens is 493 g/mol. The molecule has 2 aromatic rings. The van der Waals surface area contributed by atoms with Crippen molar-refractivity contribution >= 4 is 16.1 Å². The zero-order valence-electron chi connectivity index (χ0n) is 18.5. The fourth-order valence-electron chi connectivity index (χ4n) is 4.73. The summed E-state index contributed by atoms with van der Waals surface area (Å²) >= 11 is 0. The molecule has 0 bridgehead atoms. The number of carbonyl (C=O) groups is 1. The van der Waals surface area contributed by atoms with Gasteiger partial charge in [-0.05, 0) is 30.4 Å². The molecule has 2 fully saturated rings. The quantitative estimate of drug-likeness (QED) is 0.546. The van der Waals surface area contributed by atoms with Gasteiger partial charge in [-0.25, -0.2) is 26.7 Å². The number of urea groups is 1. The Kier molecular flexibility index (Phi) is 6.80. The molecule has 1 spiro atoms. The van der Waals surface area contributed by atoms with E-state index in [-0.39, 0.29) is 24.1 Å². The number of nitrogens with one attached hydrogen (secondary N) is 2. The third-order valence-electron chi connectivity index (χ3n) is 6.57. The smallest absolute Gasteiger partial charge is 0.329 e. The van der Waals surface area contributed by atoms with E-state index in [1.807, 2.05) is 5.32 Å². The summed E-state index contributed by atoms with van der Waals surface area (Å²) in [7, 11) is -4.35. The van der Waals surface area contributed by atoms with Crippen molar-refractivity contribution in [2.24, 2.45) is 5.41 Å². The van der Waals surface area contributed by atoms with Crippen LogP contribution in [0.1, 0.15) is 18.4 Å². The van der Waals surface area contributed by atoms with Crippen molar-refractivity contribution in [2.75, 3.05) is 19.1 Å². The zero-order chi connectivity index (χ0) is 25.4. The van der Waals surface area contributed by atoms with Crippen LogP contribution in [0.4, 0.5) is 26.7 Å². The Labute approximate surface area is 199 Å². The Morgan fingerprint density at radius 3 is 2.37 bits per heavy atom. The SMILES string of the molecule is O=C(NCC(F)(F)F)N1CC2(CC2)[C@H](NS(=O)(=O)CF)[C@@H]1Cc1cccc(-c2ccccc2)c1F. The van der Waals surface area contributed by atoms with Crippen molar-refractivity contribution in [2.45, 2.75) is 37.5 Å². The van der Waals surface area contributed by atoms with Crippen LogP contribution < -0.4 is 10.0 Å². The first-order chi connectivity index (χ1) is 16.4. The highest BCUT2D eigenvalue weighted by Gasteiger charge is 2.61. The lowest BCUT2D eigenvalue weighted by atomic mass is 9.91. The van der Waals surface area contributed by atoms with E-state index in [9.17, 15) is 30.8 Å². The summed E-state index contributed by atoms with van der Waals surface area (Å²) in [5.41, 5.74) is 0.311. The zero-order valence-corrected chi connectivity index (χ0v) is 19.3. The van der Waals surface area contributed by atoms with E-state index in [0.29, 0.717) is 18.4 Å². The third kappa shape index (κ3) is 5.58. The summed E-state index contributed by atoms with van der Waals surface area (Å²) in [4.78, 5) is 13.8. The monoisotopic (exact) mass is 517 g/mol. The maximum absolute atomic E-state index is 15.5. The fraction of sp³-hybridized carbons (Fsp3) is 0.435. The van der Waals surface area contributed by atoms with E-state index in [0.717, 1.165) is 4.90 Å². The van der Waals surface area contributed by atoms with Crippen LogP contribution in [-0.4, -0.2) is 56.7 Å². The van der Waals surface area contributed by atoms with Gasteiger partial charge in [-0.2, -0.15) is 13.2 Å². The Bertz CT molecular complexity index is 1190. The number of hydrogen-bond donors (Lipinski definition) is 2. The summed E-state index contributed by atoms with van der Waals surface area (Å²) in [6, 6.07) is 8.62. The van der Waals surface area contributed by atoms with Gasteiger partial charge in [-0.1, -0.05) is 48.5 Å². The number of benzene rings is 2. The highest BCUT2D eigenvalue weighted by Crippen LogP contribution is 2.55. The number of nitrogens with zero attached hydrogens (tertiary/aromatic N) is 1. The van der Waals surface area contributed by atoms with Crippen molar-refractivity contribution in [3.05, 3.63) is 59.9 Å². The molecule has 35 heavy (non-hydrogen) atoms. The van der Waals surface area contributed by atoms with Gasteiger partial charge in [0.1, 0.15) is 12.4 Å². The number of carbonyl (C=O) groups excluding carboxylic acids is 1. The van der Waals surface area contributed by atoms with Crippen LogP contribution in [-0.2, 0) is 16.4 Å². The lowest BCUT2D eigenvalue weighted by Crippen LogP contribution is -2.52. The predicted octanol–water partition coefficient (Wildman–Crippen LogP) is 3.99. The number of alkyl halides is 4. The van der Waals surface area contributed by atoms with Crippen molar-refractivity contribution in [1.82, 2.24) is 14.9 Å². The molecule has 12 heteroatoms. The molecule has 1 aliphatic carbocycles. The molecule has 4 rings (SSSR count). The number of halogens is 5. The van der Waals surface area contributed by atoms with Crippen LogP contribution in [0.25, 0.3) is 11.1 Å². The van der Waals surface area contributed by atoms with Crippen LogP contribution in [0.2, 0.25) is 0 Å². The maximum atomic E-state index is 15.5. The lowest BCUT2D eigenvalue weighted by molar-refractivity contribution is -0.123. The summed E-state index contributed by atoms with van der Waals surface area (Å²) in [6.45, 7) is -1.60. The number of likely N-dealkylation sites (tertiary alicyclic amines) is 1. The molecule has 2 N–H and O–H groups in total. The van der Waals surface area contributed by atoms with Crippen molar-refractivity contribution < 1.29 is 35.2 Å². The molecule has 2 amide bonds. The normalized spacial score (nSPS) is 21.3. The first kappa shape index (κ1) is 25.4. The minimum atomic E-state index is -4.65. The van der Waals surface area contributed by atoms with E-state index in [2.05, 4.69) is 4.72 Å². The van der Waals surface area contributed by atoms with Gasteiger partial charge < -0.3 is 10.2 Å². The van der Waals surface area contributed by atoms with Crippen molar-refractivity contribution in [1.29, 1.82) is 0 Å². The molecule has 1 heterocycles. The van der Waals surface area contributed by atoms with Gasteiger partial charge in [0.25, 0.3) is 0 Å². The molecule has 190 valence electrons. The summed E-state index contributed by atoms with van der Waals surface area (Å²) in [5, 5.41) is 1.81. The molecule has 6 nitrogen and oxygen atoms in total. The molecule has 0 radical (unpaired) electrons. The van der Waals surface area contributed by atoms with Gasteiger partial charge in [0.15, 0.2) is 0 Å². The van der Waals surface area contributed by atoms with E-state index in [1.165, 1.54) is 6.07 Å². The van der Waals surface area contributed by atoms with Crippen molar-refractivity contribution in [3.8, 4) is 11.1 Å². The molecule has 2 atom stereocenters. The van der Waals surface area contributed by atoms with Crippen LogP contribution in [0.3, 0.4) is 0 Å². The van der Waals surface area contributed by atoms with Crippen LogP contribution in [0, 0.1) is 11.2 Å². The van der Waals surface area contributed by atoms with Crippen LogP contribution >= 0.6 is 0 Å². The van der Waals surface area contributed by atoms with E-state index >= 15 is 4.39 Å². The molecule has 0 unspecified atom stereocenters. The van der Waals surface area contributed by atoms with E-state index in [1.54, 1.807) is 42.5 Å². The molecule has 2 aliphatic rings. The Morgan fingerprint density at radius 1 is 1.09 bits per heavy atom. The minimum Gasteiger partial charge on any atom is -0.329 e. The Hall–Kier alpha value is -2.73. The summed E-state index contributed by atoms with van der Waals surface area (Å²) in [5.74, 6) is -0.585. The second-order valence-electron chi connectivity index (χ2n) is 9.00. The molecule has 0 aromatic heterocycles. The molecular formula is C23H24F5N3O3S. The average molecular weight is 518 g/mol. The Balaban J connectivity index is 1.68. The number of sulfonamides is 1. The topological polar surface area (TPSA) is 78.5 Å². The standard InChI is InChI=1S/C23H24F5N3O3S/c24-14-35(33,34)30-20-18(31(13-22(20)9-10-22)21(32)29-12-23(26,27)28)11-16-7-4-8-17(19(16)25)15-5-2-1-3-6-15/h1-8,18,20,30H,9-14H2,(H,29,32)/t18-,20+/m0/s1. The van der Waals surface area contributed by atoms with Crippen LogP contribution in [0.15, 0.2) is 48.5 Å². The van der Waals surface area contributed by atoms with Gasteiger partial charge in [0.2, 0.25) is 16.0 Å². The predicted molar refractivity (Wildman–Crippen MR) is 119 cm³/mol. The van der Waals surface area contributed by atoms with Gasteiger partial charge >= 0.3 is 12.2 Å². The third-order valence-corrected chi connectivity index (χ3v) is 7.47. The summed E-state index contributed by atoms with van der Waals surface area (Å²) in [6.07, 6.45) is -3.82. The van der Waals surface area contributed by atoms with Gasteiger partial charge in [0.05, 0.1) is 6.04 Å². The maximum Gasteiger partial charge on any atom is 0.405 e. The van der Waals surface area contributed by atoms with Gasteiger partial charge in [-0.3, -0.25) is 0 Å². The second kappa shape index (κ2) is 9.38. The minimum absolute atomic E-state index is 0.0270. The van der Waals surface area contributed by atoms with Gasteiger partial charge in [-0.15, -0.1) is 0 Å². The summed E-state index contributed by atoms with van der Waals surface area (Å²) < 4.78 is 93.2. The number of amides is 2. The second-order valence-corrected chi connectivity index (χ2v) is 10.7. The highest BCUT2D eigenvalue weighted by atomic mass is 32.2. The average Bonchev–Trinajstić information content (AvgIpc) is 3.54. The number of hydrogen-bond acceptors (Lipinski definition) is 3. The lowest BCUT2D eigenvalue weighted by Gasteiger charge is -2.29. The molecule has 2 aromatic carbocycles. The van der Waals surface area contributed by atoms with Gasteiger partial charge in [0, 0.05) is 23.6 Å². The fourth-order valence-corrected chi connectivity index (χ4v) is 5.59. The first-order valence-corrected chi connectivity index (χ1v) is 12.6. The molecule has 1 aliphatic heterocycles. The Morgan fingerprint density at radius 2 is 1.77 bits per heavy atom. The van der Waals surface area contributed by atoms with E-state index < -0.39 is 58.1 Å². The van der Waals surface area contributed by atoms with Crippen LogP contribution in [0.5, 0.6) is 0 Å². The first-order valence-electron chi connectivity index (χ1n) is 10.9. The highest BCUT2D eigenvalue weighted by molar-refractivity contribution is 7.89. The molecule has 1 saturated heterocycles. The van der Waals surface area contributed by atoms with E-state index in [4.69, 9.17) is 0 Å². The van der Waals surface area contributed by atoms with Crippen molar-refractivity contribution in [3.63, 3.8) is 0 Å². The molecule has 1 saturated carbocycles. The number of rotatable bonds is 7.